The van der Waals surface area contributed by atoms with Gasteiger partial charge in [-0.1, -0.05) is 32.0 Å². The van der Waals surface area contributed by atoms with Crippen LogP contribution in [-0.2, 0) is 4.79 Å². The van der Waals surface area contributed by atoms with Gasteiger partial charge < -0.3 is 24.2 Å². The molecule has 0 amide bonds. The van der Waals surface area contributed by atoms with Gasteiger partial charge in [0.2, 0.25) is 0 Å². The fourth-order valence-electron chi connectivity index (χ4n) is 2.92. The number of carboxylic acids is 1. The van der Waals surface area contributed by atoms with Crippen LogP contribution in [0.25, 0.3) is 11.6 Å². The van der Waals surface area contributed by atoms with Crippen molar-refractivity contribution in [2.75, 3.05) is 40.5 Å². The number of rotatable bonds is 11. The molecule has 6 nitrogen and oxygen atoms in total. The normalized spacial score (nSPS) is 11.4. The molecule has 0 saturated carbocycles. The standard InChI is InChI=1S/C23H29NO5/c1-5-24(6-2)13-14-29-21-12-7-17(16-22(21)28-4)15-20(23(25)26)18-8-10-19(27-3)11-9-18/h7-12,15-16H,5-6,13-14H2,1-4H3,(H,25,26)/b20-15-. The first kappa shape index (κ1) is 22.3. The summed E-state index contributed by atoms with van der Waals surface area (Å²) < 4.78 is 16.4. The van der Waals surface area contributed by atoms with Crippen LogP contribution in [0, 0.1) is 0 Å². The molecule has 0 aromatic heterocycles. The summed E-state index contributed by atoms with van der Waals surface area (Å²) in [5.74, 6) is 0.871. The molecule has 1 N–H and O–H groups in total. The van der Waals surface area contributed by atoms with Crippen molar-refractivity contribution in [1.29, 1.82) is 0 Å². The average molecular weight is 399 g/mol. The lowest BCUT2D eigenvalue weighted by Crippen LogP contribution is -2.27. The van der Waals surface area contributed by atoms with Crippen LogP contribution in [0.4, 0.5) is 0 Å². The Kier molecular flexibility index (Phi) is 8.55. The van der Waals surface area contributed by atoms with Crippen molar-refractivity contribution in [2.45, 2.75) is 13.8 Å². The molecule has 2 aromatic rings. The Morgan fingerprint density at radius 1 is 1.00 bits per heavy atom. The topological polar surface area (TPSA) is 68.2 Å². The van der Waals surface area contributed by atoms with Crippen molar-refractivity contribution in [3.05, 3.63) is 53.6 Å². The number of hydrogen-bond acceptors (Lipinski definition) is 5. The fourth-order valence-corrected chi connectivity index (χ4v) is 2.92. The van der Waals surface area contributed by atoms with Gasteiger partial charge in [-0.2, -0.15) is 0 Å². The molecule has 0 unspecified atom stereocenters. The van der Waals surface area contributed by atoms with Crippen LogP contribution < -0.4 is 14.2 Å². The van der Waals surface area contributed by atoms with E-state index in [4.69, 9.17) is 14.2 Å². The van der Waals surface area contributed by atoms with Gasteiger partial charge in [0.25, 0.3) is 0 Å². The molecule has 0 aliphatic rings. The van der Waals surface area contributed by atoms with E-state index in [1.807, 2.05) is 6.07 Å². The molecular weight excluding hydrogens is 370 g/mol. The maximum atomic E-state index is 11.8. The Morgan fingerprint density at radius 3 is 2.24 bits per heavy atom. The molecule has 0 spiro atoms. The molecule has 0 saturated heterocycles. The fraction of sp³-hybridized carbons (Fsp3) is 0.348. The Morgan fingerprint density at radius 2 is 1.69 bits per heavy atom. The van der Waals surface area contributed by atoms with Crippen LogP contribution in [0.15, 0.2) is 42.5 Å². The van der Waals surface area contributed by atoms with Crippen LogP contribution in [-0.4, -0.2) is 56.4 Å². The number of benzene rings is 2. The number of carbonyl (C=O) groups is 1. The third kappa shape index (κ3) is 6.26. The molecule has 0 fully saturated rings. The number of methoxy groups -OCH3 is 2. The van der Waals surface area contributed by atoms with E-state index in [9.17, 15) is 9.90 Å². The summed E-state index contributed by atoms with van der Waals surface area (Å²) in [5, 5.41) is 9.65. The van der Waals surface area contributed by atoms with E-state index < -0.39 is 5.97 Å². The van der Waals surface area contributed by atoms with E-state index in [0.29, 0.717) is 35.0 Å². The van der Waals surface area contributed by atoms with Gasteiger partial charge >= 0.3 is 5.97 Å². The maximum absolute atomic E-state index is 11.8. The summed E-state index contributed by atoms with van der Waals surface area (Å²) in [4.78, 5) is 14.1. The highest BCUT2D eigenvalue weighted by Gasteiger charge is 2.12. The lowest BCUT2D eigenvalue weighted by Gasteiger charge is -2.18. The summed E-state index contributed by atoms with van der Waals surface area (Å²) in [6, 6.07) is 12.3. The molecular formula is C23H29NO5. The Labute approximate surface area is 172 Å². The minimum absolute atomic E-state index is 0.185. The Hall–Kier alpha value is -2.99. The van der Waals surface area contributed by atoms with Crippen molar-refractivity contribution >= 4 is 17.6 Å². The van der Waals surface area contributed by atoms with Crippen molar-refractivity contribution < 1.29 is 24.1 Å². The minimum atomic E-state index is -1.01. The van der Waals surface area contributed by atoms with Crippen LogP contribution in [0.3, 0.4) is 0 Å². The van der Waals surface area contributed by atoms with Gasteiger partial charge in [0.15, 0.2) is 11.5 Å². The molecule has 2 aromatic carbocycles. The molecule has 6 heteroatoms. The zero-order valence-corrected chi connectivity index (χ0v) is 17.5. The molecule has 0 aliphatic carbocycles. The molecule has 156 valence electrons. The largest absolute Gasteiger partial charge is 0.497 e. The number of carboxylic acid groups (broad SMARTS) is 1. The van der Waals surface area contributed by atoms with Crippen molar-refractivity contribution in [1.82, 2.24) is 4.90 Å². The zero-order chi connectivity index (χ0) is 21.2. The van der Waals surface area contributed by atoms with Crippen LogP contribution >= 0.6 is 0 Å². The lowest BCUT2D eigenvalue weighted by atomic mass is 10.0. The zero-order valence-electron chi connectivity index (χ0n) is 17.5. The number of nitrogens with zero attached hydrogens (tertiary/aromatic N) is 1. The molecule has 0 radical (unpaired) electrons. The van der Waals surface area contributed by atoms with E-state index >= 15 is 0 Å². The molecule has 0 aliphatic heterocycles. The first-order valence-electron chi connectivity index (χ1n) is 9.64. The third-order valence-corrected chi connectivity index (χ3v) is 4.69. The van der Waals surface area contributed by atoms with Gasteiger partial charge in [-0.05, 0) is 54.6 Å². The number of likely N-dealkylation sites (N-methyl/N-ethyl adjacent to an activating group) is 1. The average Bonchev–Trinajstić information content (AvgIpc) is 2.75. The Bertz CT molecular complexity index is 826. The summed E-state index contributed by atoms with van der Waals surface area (Å²) in [5.41, 5.74) is 1.49. The van der Waals surface area contributed by atoms with Gasteiger partial charge in [-0.3, -0.25) is 0 Å². The second-order valence-electron chi connectivity index (χ2n) is 6.38. The monoisotopic (exact) mass is 399 g/mol. The first-order valence-corrected chi connectivity index (χ1v) is 9.64. The molecule has 0 atom stereocenters. The quantitative estimate of drug-likeness (QED) is 0.454. The van der Waals surface area contributed by atoms with Gasteiger partial charge in [-0.15, -0.1) is 0 Å². The minimum Gasteiger partial charge on any atom is -0.497 e. The predicted molar refractivity (Wildman–Crippen MR) is 115 cm³/mol. The first-order chi connectivity index (χ1) is 14.0. The predicted octanol–water partition coefficient (Wildman–Crippen LogP) is 4.05. The molecule has 0 bridgehead atoms. The number of ether oxygens (including phenoxy) is 3. The van der Waals surface area contributed by atoms with Crippen molar-refractivity contribution in [3.63, 3.8) is 0 Å². The third-order valence-electron chi connectivity index (χ3n) is 4.69. The SMILES string of the molecule is CCN(CC)CCOc1ccc(/C=C(\C(=O)O)c2ccc(OC)cc2)cc1OC. The van der Waals surface area contributed by atoms with Crippen molar-refractivity contribution in [2.24, 2.45) is 0 Å². The summed E-state index contributed by atoms with van der Waals surface area (Å²) in [6.07, 6.45) is 1.62. The van der Waals surface area contributed by atoms with Crippen LogP contribution in [0.1, 0.15) is 25.0 Å². The smallest absolute Gasteiger partial charge is 0.336 e. The van der Waals surface area contributed by atoms with E-state index in [-0.39, 0.29) is 5.57 Å². The Balaban J connectivity index is 2.22. The lowest BCUT2D eigenvalue weighted by molar-refractivity contribution is -0.130. The highest BCUT2D eigenvalue weighted by Crippen LogP contribution is 2.30. The van der Waals surface area contributed by atoms with E-state index in [1.54, 1.807) is 56.7 Å². The molecule has 29 heavy (non-hydrogen) atoms. The second-order valence-corrected chi connectivity index (χ2v) is 6.38. The van der Waals surface area contributed by atoms with E-state index in [0.717, 1.165) is 19.6 Å². The summed E-state index contributed by atoms with van der Waals surface area (Å²) in [7, 11) is 3.14. The maximum Gasteiger partial charge on any atom is 0.336 e. The van der Waals surface area contributed by atoms with E-state index in [1.165, 1.54) is 0 Å². The second kappa shape index (κ2) is 11.1. The van der Waals surface area contributed by atoms with Gasteiger partial charge in [0, 0.05) is 6.54 Å². The van der Waals surface area contributed by atoms with Crippen LogP contribution in [0.5, 0.6) is 17.2 Å². The number of aliphatic carboxylic acids is 1. The van der Waals surface area contributed by atoms with Gasteiger partial charge in [0.05, 0.1) is 19.8 Å². The summed E-state index contributed by atoms with van der Waals surface area (Å²) in [6.45, 7) is 7.58. The summed E-state index contributed by atoms with van der Waals surface area (Å²) >= 11 is 0. The highest BCUT2D eigenvalue weighted by atomic mass is 16.5. The highest BCUT2D eigenvalue weighted by molar-refractivity contribution is 6.20. The van der Waals surface area contributed by atoms with Gasteiger partial charge in [-0.25, -0.2) is 4.79 Å². The molecule has 0 heterocycles. The van der Waals surface area contributed by atoms with E-state index in [2.05, 4.69) is 18.7 Å². The van der Waals surface area contributed by atoms with Crippen molar-refractivity contribution in [3.8, 4) is 17.2 Å². The number of hydrogen-bond donors (Lipinski definition) is 1. The van der Waals surface area contributed by atoms with Crippen LogP contribution in [0.2, 0.25) is 0 Å². The van der Waals surface area contributed by atoms with Gasteiger partial charge in [0.1, 0.15) is 12.4 Å². The molecule has 2 rings (SSSR count).